The second-order valence-electron chi connectivity index (χ2n) is 1.84. The van der Waals surface area contributed by atoms with Gasteiger partial charge in [-0.15, -0.1) is 0 Å². The molecule has 0 aliphatic rings. The van der Waals surface area contributed by atoms with E-state index in [1.165, 1.54) is 12.3 Å². The van der Waals surface area contributed by atoms with Crippen LogP contribution in [-0.4, -0.2) is 32.6 Å². The fourth-order valence-corrected chi connectivity index (χ4v) is 0.661. The highest BCUT2D eigenvalue weighted by molar-refractivity contribution is 6.06. The molecule has 0 radical (unpaired) electrons. The number of hydrogen-bond donors (Lipinski definition) is 3. The summed E-state index contributed by atoms with van der Waals surface area (Å²) in [4.78, 5) is 20.8. The van der Waals surface area contributed by atoms with Crippen molar-refractivity contribution >= 4 is 18.0 Å². The monoisotopic (exact) mass is 171 g/mol. The Morgan fingerprint density at radius 2 is 2.00 bits per heavy atom. The van der Waals surface area contributed by atoms with Crippen LogP contribution in [0.5, 0.6) is 0 Å². The van der Waals surface area contributed by atoms with Crippen LogP contribution in [0.1, 0.15) is 0 Å². The number of nitrogens with zero attached hydrogens (tertiary/aromatic N) is 2. The number of H-pyrrole nitrogens is 1. The standard InChI is InChI=1S/C5H5N3O4/c9-4(10)8(5(11)12)3-1-2-6-7-3/h1-2H,(H,6,7)(H,9,10)(H,11,12). The van der Waals surface area contributed by atoms with Gasteiger partial charge in [-0.1, -0.05) is 0 Å². The fraction of sp³-hybridized carbons (Fsp3) is 0. The summed E-state index contributed by atoms with van der Waals surface area (Å²) in [5.41, 5.74) is 0. The van der Waals surface area contributed by atoms with E-state index < -0.39 is 12.2 Å². The van der Waals surface area contributed by atoms with Crippen molar-refractivity contribution in [1.29, 1.82) is 0 Å². The summed E-state index contributed by atoms with van der Waals surface area (Å²) < 4.78 is 0. The smallest absolute Gasteiger partial charge is 0.422 e. The average Bonchev–Trinajstić information content (AvgIpc) is 2.37. The first-order valence-electron chi connectivity index (χ1n) is 2.88. The molecule has 0 aromatic carbocycles. The fourth-order valence-electron chi connectivity index (χ4n) is 0.661. The molecule has 0 aliphatic carbocycles. The number of aromatic nitrogens is 2. The van der Waals surface area contributed by atoms with Crippen molar-refractivity contribution in [2.45, 2.75) is 0 Å². The quantitative estimate of drug-likeness (QED) is 0.572. The highest BCUT2D eigenvalue weighted by atomic mass is 16.4. The van der Waals surface area contributed by atoms with E-state index in [4.69, 9.17) is 10.2 Å². The van der Waals surface area contributed by atoms with E-state index in [9.17, 15) is 9.59 Å². The molecule has 7 nitrogen and oxygen atoms in total. The van der Waals surface area contributed by atoms with Crippen molar-refractivity contribution in [2.75, 3.05) is 4.90 Å². The Morgan fingerprint density at radius 1 is 1.42 bits per heavy atom. The molecule has 1 heterocycles. The first-order valence-corrected chi connectivity index (χ1v) is 2.88. The first-order chi connectivity index (χ1) is 5.63. The second kappa shape index (κ2) is 2.91. The van der Waals surface area contributed by atoms with Gasteiger partial charge in [-0.25, -0.2) is 9.59 Å². The van der Waals surface area contributed by atoms with Crippen LogP contribution in [0.2, 0.25) is 0 Å². The van der Waals surface area contributed by atoms with Gasteiger partial charge in [0.25, 0.3) is 0 Å². The van der Waals surface area contributed by atoms with Crippen LogP contribution in [0.3, 0.4) is 0 Å². The lowest BCUT2D eigenvalue weighted by Gasteiger charge is -2.08. The van der Waals surface area contributed by atoms with Crippen LogP contribution in [0.4, 0.5) is 15.4 Å². The van der Waals surface area contributed by atoms with E-state index in [0.29, 0.717) is 0 Å². The van der Waals surface area contributed by atoms with E-state index in [-0.39, 0.29) is 10.7 Å². The molecule has 7 heteroatoms. The van der Waals surface area contributed by atoms with Crippen molar-refractivity contribution in [1.82, 2.24) is 10.2 Å². The number of aromatic amines is 1. The number of anilines is 1. The normalized spacial score (nSPS) is 9.33. The van der Waals surface area contributed by atoms with Crippen molar-refractivity contribution in [3.05, 3.63) is 12.3 Å². The highest BCUT2D eigenvalue weighted by Gasteiger charge is 2.22. The van der Waals surface area contributed by atoms with E-state index in [1.807, 2.05) is 0 Å². The molecule has 0 spiro atoms. The molecule has 0 aliphatic heterocycles. The molecule has 0 saturated heterocycles. The maximum absolute atomic E-state index is 10.3. The largest absolute Gasteiger partial charge is 0.464 e. The Labute approximate surface area is 66.2 Å². The number of rotatable bonds is 1. The third-order valence-corrected chi connectivity index (χ3v) is 1.11. The van der Waals surface area contributed by atoms with Gasteiger partial charge in [0.2, 0.25) is 0 Å². The molecular formula is C5H5N3O4. The van der Waals surface area contributed by atoms with E-state index in [1.54, 1.807) is 0 Å². The summed E-state index contributed by atoms with van der Waals surface area (Å²) in [6, 6.07) is 1.24. The molecule has 3 N–H and O–H groups in total. The summed E-state index contributed by atoms with van der Waals surface area (Å²) in [6.45, 7) is 0. The van der Waals surface area contributed by atoms with Gasteiger partial charge in [0.15, 0.2) is 0 Å². The first kappa shape index (κ1) is 8.05. The molecule has 0 atom stereocenters. The van der Waals surface area contributed by atoms with E-state index in [2.05, 4.69) is 10.2 Å². The van der Waals surface area contributed by atoms with Crippen molar-refractivity contribution in [3.63, 3.8) is 0 Å². The van der Waals surface area contributed by atoms with Crippen molar-refractivity contribution < 1.29 is 19.8 Å². The molecular weight excluding hydrogens is 166 g/mol. The maximum Gasteiger partial charge on any atom is 0.422 e. The predicted molar refractivity (Wildman–Crippen MR) is 37.1 cm³/mol. The lowest BCUT2D eigenvalue weighted by molar-refractivity contribution is 0.184. The molecule has 0 saturated carbocycles. The molecule has 0 fully saturated rings. The molecule has 1 rings (SSSR count). The molecule has 64 valence electrons. The Morgan fingerprint density at radius 3 is 2.33 bits per heavy atom. The van der Waals surface area contributed by atoms with Crippen molar-refractivity contribution in [2.24, 2.45) is 0 Å². The zero-order chi connectivity index (χ0) is 9.14. The van der Waals surface area contributed by atoms with Gasteiger partial charge in [-0.3, -0.25) is 5.10 Å². The topological polar surface area (TPSA) is 107 Å². The summed E-state index contributed by atoms with van der Waals surface area (Å²) in [7, 11) is 0. The summed E-state index contributed by atoms with van der Waals surface area (Å²) >= 11 is 0. The Bertz CT molecular complexity index is 280. The second-order valence-corrected chi connectivity index (χ2v) is 1.84. The van der Waals surface area contributed by atoms with Gasteiger partial charge in [0.1, 0.15) is 5.82 Å². The number of imide groups is 1. The minimum atomic E-state index is -1.58. The van der Waals surface area contributed by atoms with Gasteiger partial charge in [0.05, 0.1) is 6.20 Å². The summed E-state index contributed by atoms with van der Waals surface area (Å²) in [5, 5.41) is 22.5. The molecule has 1 aromatic heterocycles. The maximum atomic E-state index is 10.3. The van der Waals surface area contributed by atoms with Crippen LogP contribution >= 0.6 is 0 Å². The minimum Gasteiger partial charge on any atom is -0.464 e. The molecule has 12 heavy (non-hydrogen) atoms. The Kier molecular flexibility index (Phi) is 1.95. The molecule has 2 amide bonds. The molecule has 1 aromatic rings. The van der Waals surface area contributed by atoms with Crippen molar-refractivity contribution in [3.8, 4) is 0 Å². The number of carbonyl (C=O) groups is 2. The van der Waals surface area contributed by atoms with E-state index in [0.717, 1.165) is 0 Å². The highest BCUT2D eigenvalue weighted by Crippen LogP contribution is 2.08. The number of nitrogens with one attached hydrogen (secondary N) is 1. The Hall–Kier alpha value is -2.05. The number of carboxylic acid groups (broad SMARTS) is 2. The zero-order valence-corrected chi connectivity index (χ0v) is 5.76. The van der Waals surface area contributed by atoms with Crippen LogP contribution in [-0.2, 0) is 0 Å². The summed E-state index contributed by atoms with van der Waals surface area (Å²) in [6.07, 6.45) is -1.90. The third-order valence-electron chi connectivity index (χ3n) is 1.11. The summed E-state index contributed by atoms with van der Waals surface area (Å²) in [5.74, 6) is -0.102. The van der Waals surface area contributed by atoms with Crippen LogP contribution in [0.25, 0.3) is 0 Å². The van der Waals surface area contributed by atoms with Gasteiger partial charge in [-0.2, -0.15) is 10.00 Å². The minimum absolute atomic E-state index is 0.102. The van der Waals surface area contributed by atoms with Crippen LogP contribution < -0.4 is 4.90 Å². The predicted octanol–water partition coefficient (Wildman–Crippen LogP) is 0.572. The SMILES string of the molecule is O=C(O)N(C(=O)O)c1ccn[nH]1. The van der Waals surface area contributed by atoms with Gasteiger partial charge < -0.3 is 10.2 Å². The van der Waals surface area contributed by atoms with Crippen LogP contribution in [0.15, 0.2) is 12.3 Å². The number of amides is 2. The lowest BCUT2D eigenvalue weighted by Crippen LogP contribution is -2.34. The van der Waals surface area contributed by atoms with Gasteiger partial charge in [0, 0.05) is 6.07 Å². The Balaban J connectivity index is 2.96. The van der Waals surface area contributed by atoms with Gasteiger partial charge >= 0.3 is 12.2 Å². The molecule has 0 bridgehead atoms. The zero-order valence-electron chi connectivity index (χ0n) is 5.76. The third kappa shape index (κ3) is 1.34. The van der Waals surface area contributed by atoms with Crippen LogP contribution in [0, 0.1) is 0 Å². The molecule has 0 unspecified atom stereocenters. The number of hydrogen-bond acceptors (Lipinski definition) is 3. The average molecular weight is 171 g/mol. The van der Waals surface area contributed by atoms with E-state index >= 15 is 0 Å². The van der Waals surface area contributed by atoms with Gasteiger partial charge in [-0.05, 0) is 0 Å². The lowest BCUT2D eigenvalue weighted by atomic mass is 10.6.